The summed E-state index contributed by atoms with van der Waals surface area (Å²) in [5.74, 6) is -0.143. The Morgan fingerprint density at radius 2 is 1.96 bits per heavy atom. The molecule has 0 atom stereocenters. The summed E-state index contributed by atoms with van der Waals surface area (Å²) in [6.07, 6.45) is 0. The fourth-order valence-corrected chi connectivity index (χ4v) is 3.96. The highest BCUT2D eigenvalue weighted by Gasteiger charge is 2.20. The summed E-state index contributed by atoms with van der Waals surface area (Å²) in [5.41, 5.74) is 2.46. The van der Waals surface area contributed by atoms with Crippen molar-refractivity contribution in [2.75, 3.05) is 6.61 Å². The van der Waals surface area contributed by atoms with Gasteiger partial charge in [0.1, 0.15) is 5.58 Å². The molecule has 4 rings (SSSR count). The third kappa shape index (κ3) is 2.87. The monoisotopic (exact) mass is 366 g/mol. The number of thiazole rings is 1. The van der Waals surface area contributed by atoms with E-state index >= 15 is 0 Å². The highest BCUT2D eigenvalue weighted by molar-refractivity contribution is 7.16. The summed E-state index contributed by atoms with van der Waals surface area (Å²) in [7, 11) is 1.91. The molecule has 0 aliphatic heterocycles. The van der Waals surface area contributed by atoms with E-state index in [1.54, 1.807) is 0 Å². The van der Waals surface area contributed by atoms with Crippen LogP contribution in [0.15, 0.2) is 57.9 Å². The average Bonchev–Trinajstić information content (AvgIpc) is 3.18. The summed E-state index contributed by atoms with van der Waals surface area (Å²) in [5, 5.41) is 0.889. The van der Waals surface area contributed by atoms with Gasteiger partial charge in [0.25, 0.3) is 0 Å². The molecule has 1 amide bonds. The maximum Gasteiger partial charge on any atom is 0.315 e. The van der Waals surface area contributed by atoms with Gasteiger partial charge in [-0.25, -0.2) is 0 Å². The first-order valence-corrected chi connectivity index (χ1v) is 9.22. The zero-order valence-corrected chi connectivity index (χ0v) is 15.4. The third-order valence-corrected chi connectivity index (χ3v) is 5.37. The van der Waals surface area contributed by atoms with Gasteiger partial charge in [0, 0.05) is 24.6 Å². The van der Waals surface area contributed by atoms with E-state index in [4.69, 9.17) is 9.15 Å². The van der Waals surface area contributed by atoms with Gasteiger partial charge in [-0.3, -0.25) is 4.79 Å². The maximum absolute atomic E-state index is 12.9. The Morgan fingerprint density at radius 3 is 2.77 bits per heavy atom. The molecule has 0 N–H and O–H groups in total. The summed E-state index contributed by atoms with van der Waals surface area (Å²) < 4.78 is 14.4. The van der Waals surface area contributed by atoms with Crippen LogP contribution < -0.4 is 4.80 Å². The first-order chi connectivity index (χ1) is 12.7. The van der Waals surface area contributed by atoms with E-state index in [1.165, 1.54) is 11.3 Å². The second-order valence-electron chi connectivity index (χ2n) is 5.87. The minimum absolute atomic E-state index is 0.247. The molecule has 26 heavy (non-hydrogen) atoms. The first kappa shape index (κ1) is 16.8. The van der Waals surface area contributed by atoms with Gasteiger partial charge >= 0.3 is 5.91 Å². The lowest BCUT2D eigenvalue weighted by Gasteiger charge is -2.00. The number of hydrogen-bond donors (Lipinski definition) is 0. The molecule has 5 nitrogen and oxygen atoms in total. The van der Waals surface area contributed by atoms with Crippen LogP contribution in [0.1, 0.15) is 23.0 Å². The zero-order chi connectivity index (χ0) is 18.1. The molecule has 2 heterocycles. The predicted molar refractivity (Wildman–Crippen MR) is 102 cm³/mol. The maximum atomic E-state index is 12.9. The Kier molecular flexibility index (Phi) is 4.44. The average molecular weight is 366 g/mol. The van der Waals surface area contributed by atoms with Crippen LogP contribution in [0.3, 0.4) is 0 Å². The lowest BCUT2D eigenvalue weighted by molar-refractivity contribution is 0.0960. The largest absolute Gasteiger partial charge is 0.450 e. The van der Waals surface area contributed by atoms with Crippen LogP contribution in [0, 0.1) is 0 Å². The minimum Gasteiger partial charge on any atom is -0.450 e. The summed E-state index contributed by atoms with van der Waals surface area (Å²) >= 11 is 1.48. The van der Waals surface area contributed by atoms with Crippen molar-refractivity contribution in [1.29, 1.82) is 0 Å². The van der Waals surface area contributed by atoms with Crippen molar-refractivity contribution in [2.45, 2.75) is 13.5 Å². The first-order valence-electron chi connectivity index (χ1n) is 8.40. The van der Waals surface area contributed by atoms with Crippen molar-refractivity contribution in [3.63, 3.8) is 0 Å². The van der Waals surface area contributed by atoms with Crippen molar-refractivity contribution >= 4 is 38.4 Å². The van der Waals surface area contributed by atoms with Crippen LogP contribution in [0.2, 0.25) is 0 Å². The van der Waals surface area contributed by atoms with Crippen LogP contribution in [0.5, 0.6) is 0 Å². The lowest BCUT2D eigenvalue weighted by atomic mass is 10.1. The van der Waals surface area contributed by atoms with Gasteiger partial charge in [-0.05, 0) is 25.1 Å². The number of amides is 1. The molecular formula is C20H18N2O3S. The van der Waals surface area contributed by atoms with Gasteiger partial charge in [-0.2, -0.15) is 4.99 Å². The minimum atomic E-state index is -0.391. The molecule has 6 heteroatoms. The summed E-state index contributed by atoms with van der Waals surface area (Å²) in [6, 6.07) is 15.6. The standard InChI is InChI=1S/C20H18N2O3S/c1-3-24-12-14-13-8-4-6-10-16(13)25-18(14)19(23)21-20-22(2)15-9-5-7-11-17(15)26-20/h4-11H,3,12H2,1-2H3. The van der Waals surface area contributed by atoms with Gasteiger partial charge in [0.15, 0.2) is 4.80 Å². The molecule has 0 aliphatic rings. The molecule has 0 spiro atoms. The van der Waals surface area contributed by atoms with Gasteiger partial charge in [0.05, 0.1) is 16.8 Å². The number of nitrogens with zero attached hydrogens (tertiary/aromatic N) is 2. The zero-order valence-electron chi connectivity index (χ0n) is 14.6. The number of carbonyl (C=O) groups excluding carboxylic acids is 1. The number of hydrogen-bond acceptors (Lipinski definition) is 4. The van der Waals surface area contributed by atoms with Crippen molar-refractivity contribution in [2.24, 2.45) is 12.0 Å². The molecule has 2 aromatic carbocycles. The SMILES string of the molecule is CCOCc1c(C(=O)N=c2sc3ccccc3n2C)oc2ccccc12. The van der Waals surface area contributed by atoms with E-state index in [0.717, 1.165) is 21.2 Å². The fraction of sp³-hybridized carbons (Fsp3) is 0.200. The molecule has 132 valence electrons. The molecule has 0 saturated carbocycles. The van der Waals surface area contributed by atoms with Crippen LogP contribution in [0.25, 0.3) is 21.2 Å². The summed E-state index contributed by atoms with van der Waals surface area (Å²) in [6.45, 7) is 2.81. The number of aryl methyl sites for hydroxylation is 1. The molecule has 2 aromatic heterocycles. The van der Waals surface area contributed by atoms with E-state index in [0.29, 0.717) is 23.6 Å². The van der Waals surface area contributed by atoms with E-state index < -0.39 is 5.91 Å². The number of aromatic nitrogens is 1. The number of furan rings is 1. The van der Waals surface area contributed by atoms with Crippen molar-refractivity contribution in [1.82, 2.24) is 4.57 Å². The normalized spacial score (nSPS) is 12.3. The molecule has 0 fully saturated rings. The van der Waals surface area contributed by atoms with Gasteiger partial charge in [0.2, 0.25) is 5.76 Å². The number of fused-ring (bicyclic) bond motifs is 2. The Morgan fingerprint density at radius 1 is 1.19 bits per heavy atom. The van der Waals surface area contributed by atoms with Crippen molar-refractivity contribution in [3.05, 3.63) is 64.7 Å². The Hall–Kier alpha value is -2.70. The van der Waals surface area contributed by atoms with E-state index in [1.807, 2.05) is 67.1 Å². The Labute approximate surface area is 154 Å². The van der Waals surface area contributed by atoms with E-state index in [-0.39, 0.29) is 5.76 Å². The van der Waals surface area contributed by atoms with Crippen LogP contribution in [0.4, 0.5) is 0 Å². The number of carbonyl (C=O) groups is 1. The Bertz CT molecular complexity index is 1170. The molecular weight excluding hydrogens is 348 g/mol. The highest BCUT2D eigenvalue weighted by Crippen LogP contribution is 2.27. The van der Waals surface area contributed by atoms with Crippen LogP contribution in [-0.2, 0) is 18.4 Å². The highest BCUT2D eigenvalue weighted by atomic mass is 32.1. The van der Waals surface area contributed by atoms with Crippen LogP contribution >= 0.6 is 11.3 Å². The smallest absolute Gasteiger partial charge is 0.315 e. The third-order valence-electron chi connectivity index (χ3n) is 4.26. The fourth-order valence-electron chi connectivity index (χ4n) is 2.94. The van der Waals surface area contributed by atoms with Crippen molar-refractivity contribution in [3.8, 4) is 0 Å². The molecule has 0 aliphatic carbocycles. The molecule has 0 saturated heterocycles. The quantitative estimate of drug-likeness (QED) is 0.542. The second kappa shape index (κ2) is 6.90. The number of para-hydroxylation sites is 2. The Balaban J connectivity index is 1.84. The number of ether oxygens (including phenoxy) is 1. The molecule has 0 radical (unpaired) electrons. The molecule has 0 unspecified atom stereocenters. The number of rotatable bonds is 4. The van der Waals surface area contributed by atoms with Crippen molar-refractivity contribution < 1.29 is 13.9 Å². The second-order valence-corrected chi connectivity index (χ2v) is 6.88. The predicted octanol–water partition coefficient (Wildman–Crippen LogP) is 4.26. The molecule has 0 bridgehead atoms. The van der Waals surface area contributed by atoms with E-state index in [9.17, 15) is 4.79 Å². The number of benzene rings is 2. The summed E-state index contributed by atoms with van der Waals surface area (Å²) in [4.78, 5) is 17.8. The van der Waals surface area contributed by atoms with Gasteiger partial charge in [-0.1, -0.05) is 41.7 Å². The van der Waals surface area contributed by atoms with Gasteiger partial charge in [-0.15, -0.1) is 0 Å². The van der Waals surface area contributed by atoms with Crippen LogP contribution in [-0.4, -0.2) is 17.1 Å². The van der Waals surface area contributed by atoms with E-state index in [2.05, 4.69) is 4.99 Å². The lowest BCUT2D eigenvalue weighted by Crippen LogP contribution is -2.13. The van der Waals surface area contributed by atoms with Gasteiger partial charge < -0.3 is 13.7 Å². The molecule has 4 aromatic rings. The topological polar surface area (TPSA) is 56.7 Å².